The van der Waals surface area contributed by atoms with Gasteiger partial charge < -0.3 is 10.2 Å². The molecule has 1 aromatic heterocycles. The summed E-state index contributed by atoms with van der Waals surface area (Å²) in [4.78, 5) is 29.1. The number of aromatic nitrogens is 1. The largest absolute Gasteiger partial charge is 0.373 e. The monoisotopic (exact) mass is 342 g/mol. The van der Waals surface area contributed by atoms with Gasteiger partial charge in [-0.05, 0) is 43.7 Å². The van der Waals surface area contributed by atoms with Gasteiger partial charge in [0.25, 0.3) is 5.69 Å². The first kappa shape index (κ1) is 18.4. The second-order valence-electron chi connectivity index (χ2n) is 6.03. The highest BCUT2D eigenvalue weighted by Gasteiger charge is 2.23. The summed E-state index contributed by atoms with van der Waals surface area (Å²) in [6.45, 7) is 4.28. The van der Waals surface area contributed by atoms with Crippen LogP contribution < -0.4 is 10.2 Å². The van der Waals surface area contributed by atoms with Crippen molar-refractivity contribution in [2.75, 3.05) is 25.5 Å². The van der Waals surface area contributed by atoms with Crippen LogP contribution in [-0.4, -0.2) is 36.5 Å². The summed E-state index contributed by atoms with van der Waals surface area (Å²) in [5, 5.41) is 13.5. The molecule has 1 atom stereocenters. The number of benzene rings is 1. The normalized spacial score (nSPS) is 11.7. The molecule has 0 saturated carbocycles. The van der Waals surface area contributed by atoms with Gasteiger partial charge >= 0.3 is 0 Å². The molecule has 0 aliphatic carbocycles. The summed E-state index contributed by atoms with van der Waals surface area (Å²) in [5.74, 6) is -0.560. The Morgan fingerprint density at radius 2 is 1.92 bits per heavy atom. The van der Waals surface area contributed by atoms with Crippen LogP contribution in [0.15, 0.2) is 36.4 Å². The predicted molar refractivity (Wildman–Crippen MR) is 96.9 cm³/mol. The molecule has 0 spiro atoms. The Hall–Kier alpha value is -2.96. The van der Waals surface area contributed by atoms with E-state index in [1.807, 2.05) is 37.9 Å². The van der Waals surface area contributed by atoms with Gasteiger partial charge in [-0.3, -0.25) is 19.9 Å². The molecule has 1 heterocycles. The first-order valence-corrected chi connectivity index (χ1v) is 7.94. The first-order valence-electron chi connectivity index (χ1n) is 7.94. The first-order chi connectivity index (χ1) is 11.8. The SMILES string of the molecule is CNC(=O)[C@H](CN(C)c1ccc([N+](=O)[O-])cc1)c1cc(C)cc(C)n1. The molecule has 0 aliphatic heterocycles. The summed E-state index contributed by atoms with van der Waals surface area (Å²) in [5.41, 5.74) is 3.46. The molecular formula is C18H22N4O3. The summed E-state index contributed by atoms with van der Waals surface area (Å²) in [7, 11) is 3.45. The quantitative estimate of drug-likeness (QED) is 0.644. The fourth-order valence-corrected chi connectivity index (χ4v) is 2.74. The highest BCUT2D eigenvalue weighted by atomic mass is 16.6. The van der Waals surface area contributed by atoms with Gasteiger partial charge in [0.2, 0.25) is 5.91 Å². The van der Waals surface area contributed by atoms with Crippen molar-refractivity contribution in [3.63, 3.8) is 0 Å². The van der Waals surface area contributed by atoms with Crippen molar-refractivity contribution in [1.29, 1.82) is 0 Å². The van der Waals surface area contributed by atoms with E-state index in [1.54, 1.807) is 19.2 Å². The van der Waals surface area contributed by atoms with Crippen LogP contribution in [0.2, 0.25) is 0 Å². The van der Waals surface area contributed by atoms with Crippen LogP contribution in [0.1, 0.15) is 22.9 Å². The standard InChI is InChI=1S/C18H22N4O3/c1-12-9-13(2)20-17(10-12)16(18(23)19-3)11-21(4)14-5-7-15(8-6-14)22(24)25/h5-10,16H,11H2,1-4H3,(H,19,23)/t16-/m1/s1. The molecule has 132 valence electrons. The Kier molecular flexibility index (Phi) is 5.69. The minimum Gasteiger partial charge on any atom is -0.373 e. The lowest BCUT2D eigenvalue weighted by Crippen LogP contribution is -2.35. The number of nitrogens with one attached hydrogen (secondary N) is 1. The third kappa shape index (κ3) is 4.53. The van der Waals surface area contributed by atoms with Crippen LogP contribution in [-0.2, 0) is 4.79 Å². The summed E-state index contributed by atoms with van der Waals surface area (Å²) < 4.78 is 0. The maximum Gasteiger partial charge on any atom is 0.269 e. The minimum absolute atomic E-state index is 0.0379. The highest BCUT2D eigenvalue weighted by Crippen LogP contribution is 2.23. The molecule has 0 bridgehead atoms. The highest BCUT2D eigenvalue weighted by molar-refractivity contribution is 5.83. The molecule has 1 amide bonds. The number of nitro groups is 1. The number of carbonyl (C=O) groups is 1. The summed E-state index contributed by atoms with van der Waals surface area (Å²) >= 11 is 0. The van der Waals surface area contributed by atoms with Crippen molar-refractivity contribution in [3.8, 4) is 0 Å². The number of nitro benzene ring substituents is 1. The van der Waals surface area contributed by atoms with Gasteiger partial charge in [-0.2, -0.15) is 0 Å². The van der Waals surface area contributed by atoms with E-state index in [2.05, 4.69) is 10.3 Å². The number of non-ortho nitro benzene ring substituents is 1. The van der Waals surface area contributed by atoms with Gasteiger partial charge in [-0.25, -0.2) is 0 Å². The zero-order valence-corrected chi connectivity index (χ0v) is 14.8. The molecule has 25 heavy (non-hydrogen) atoms. The van der Waals surface area contributed by atoms with Crippen molar-refractivity contribution in [3.05, 3.63) is 63.5 Å². The number of hydrogen-bond donors (Lipinski definition) is 1. The topological polar surface area (TPSA) is 88.4 Å². The molecule has 2 aromatic rings. The second kappa shape index (κ2) is 7.74. The van der Waals surface area contributed by atoms with Crippen LogP contribution in [0, 0.1) is 24.0 Å². The maximum absolute atomic E-state index is 12.4. The number of likely N-dealkylation sites (N-methyl/N-ethyl adjacent to an activating group) is 2. The Balaban J connectivity index is 2.27. The van der Waals surface area contributed by atoms with E-state index >= 15 is 0 Å². The molecule has 1 N–H and O–H groups in total. The Bertz CT molecular complexity index is 754. The number of pyridine rings is 1. The lowest BCUT2D eigenvalue weighted by Gasteiger charge is -2.25. The van der Waals surface area contributed by atoms with E-state index in [1.165, 1.54) is 12.1 Å². The van der Waals surface area contributed by atoms with Crippen molar-refractivity contribution < 1.29 is 9.72 Å². The van der Waals surface area contributed by atoms with Gasteiger partial charge in [0.1, 0.15) is 0 Å². The average Bonchev–Trinajstić information content (AvgIpc) is 2.58. The minimum atomic E-state index is -0.441. The maximum atomic E-state index is 12.4. The number of aryl methyl sites for hydroxylation is 2. The molecule has 7 nitrogen and oxygen atoms in total. The third-order valence-electron chi connectivity index (χ3n) is 4.00. The van der Waals surface area contributed by atoms with E-state index in [9.17, 15) is 14.9 Å². The number of amides is 1. The molecule has 0 radical (unpaired) electrons. The Morgan fingerprint density at radius 1 is 1.28 bits per heavy atom. The zero-order chi connectivity index (χ0) is 18.6. The molecular weight excluding hydrogens is 320 g/mol. The van der Waals surface area contributed by atoms with Crippen molar-refractivity contribution >= 4 is 17.3 Å². The van der Waals surface area contributed by atoms with Crippen molar-refractivity contribution in [2.45, 2.75) is 19.8 Å². The van der Waals surface area contributed by atoms with Gasteiger partial charge in [-0.1, -0.05) is 0 Å². The lowest BCUT2D eigenvalue weighted by molar-refractivity contribution is -0.384. The van der Waals surface area contributed by atoms with Gasteiger partial charge in [0, 0.05) is 44.2 Å². The van der Waals surface area contributed by atoms with Crippen LogP contribution >= 0.6 is 0 Å². The van der Waals surface area contributed by atoms with Crippen LogP contribution in [0.25, 0.3) is 0 Å². The average molecular weight is 342 g/mol. The van der Waals surface area contributed by atoms with E-state index < -0.39 is 10.8 Å². The van der Waals surface area contributed by atoms with Crippen LogP contribution in [0.3, 0.4) is 0 Å². The molecule has 0 unspecified atom stereocenters. The van der Waals surface area contributed by atoms with Crippen LogP contribution in [0.4, 0.5) is 11.4 Å². The van der Waals surface area contributed by atoms with E-state index in [-0.39, 0.29) is 11.6 Å². The molecule has 0 fully saturated rings. The van der Waals surface area contributed by atoms with E-state index in [4.69, 9.17) is 0 Å². The fourth-order valence-electron chi connectivity index (χ4n) is 2.74. The number of nitrogens with zero attached hydrogens (tertiary/aromatic N) is 3. The van der Waals surface area contributed by atoms with E-state index in [0.717, 1.165) is 16.9 Å². The lowest BCUT2D eigenvalue weighted by atomic mass is 10.0. The second-order valence-corrected chi connectivity index (χ2v) is 6.03. The van der Waals surface area contributed by atoms with Crippen molar-refractivity contribution in [2.24, 2.45) is 0 Å². The molecule has 0 saturated heterocycles. The Labute approximate surface area is 146 Å². The Morgan fingerprint density at radius 3 is 2.44 bits per heavy atom. The number of rotatable bonds is 6. The summed E-state index contributed by atoms with van der Waals surface area (Å²) in [6.07, 6.45) is 0. The van der Waals surface area contributed by atoms with E-state index in [0.29, 0.717) is 12.2 Å². The molecule has 0 aliphatic rings. The molecule has 1 aromatic carbocycles. The van der Waals surface area contributed by atoms with Gasteiger partial charge in [-0.15, -0.1) is 0 Å². The predicted octanol–water partition coefficient (Wildman–Crippen LogP) is 2.57. The zero-order valence-electron chi connectivity index (χ0n) is 14.8. The fraction of sp³-hybridized carbons (Fsp3) is 0.333. The van der Waals surface area contributed by atoms with Gasteiger partial charge in [0.15, 0.2) is 0 Å². The number of hydrogen-bond acceptors (Lipinski definition) is 5. The number of carbonyl (C=O) groups excluding carboxylic acids is 1. The smallest absolute Gasteiger partial charge is 0.269 e. The summed E-state index contributed by atoms with van der Waals surface area (Å²) in [6, 6.07) is 10.1. The number of anilines is 1. The molecule has 7 heteroatoms. The van der Waals surface area contributed by atoms with Gasteiger partial charge in [0.05, 0.1) is 16.5 Å². The molecule has 2 rings (SSSR count). The third-order valence-corrected chi connectivity index (χ3v) is 4.00. The van der Waals surface area contributed by atoms with Crippen molar-refractivity contribution in [1.82, 2.24) is 10.3 Å². The van der Waals surface area contributed by atoms with Crippen LogP contribution in [0.5, 0.6) is 0 Å².